The van der Waals surface area contributed by atoms with Crippen molar-refractivity contribution in [2.24, 2.45) is 0 Å². The third kappa shape index (κ3) is 1.79. The Bertz CT molecular complexity index is 355. The van der Waals surface area contributed by atoms with E-state index in [2.05, 4.69) is 49.4 Å². The molecule has 1 aliphatic rings. The van der Waals surface area contributed by atoms with E-state index in [0.29, 0.717) is 0 Å². The van der Waals surface area contributed by atoms with Crippen molar-refractivity contribution in [3.63, 3.8) is 0 Å². The lowest BCUT2D eigenvalue weighted by atomic mass is 9.99. The maximum Gasteiger partial charge on any atom is -0.00856 e. The van der Waals surface area contributed by atoms with Crippen LogP contribution in [-0.2, 0) is 0 Å². The lowest BCUT2D eigenvalue weighted by molar-refractivity contribution is 0.930. The number of hydrogen-bond donors (Lipinski definition) is 0. The Hall–Kier alpha value is -1.30. The summed E-state index contributed by atoms with van der Waals surface area (Å²) >= 11 is 0. The van der Waals surface area contributed by atoms with Crippen LogP contribution in [0.4, 0.5) is 0 Å². The molecule has 1 aliphatic carbocycles. The summed E-state index contributed by atoms with van der Waals surface area (Å²) in [4.78, 5) is 0. The van der Waals surface area contributed by atoms with Crippen molar-refractivity contribution >= 4 is 5.57 Å². The predicted octanol–water partition coefficient (Wildman–Crippen LogP) is 4.20. The van der Waals surface area contributed by atoms with E-state index in [9.17, 15) is 0 Å². The molecule has 2 rings (SSSR count). The quantitative estimate of drug-likeness (QED) is 0.660. The van der Waals surface area contributed by atoms with Gasteiger partial charge in [-0.3, -0.25) is 0 Å². The van der Waals surface area contributed by atoms with Gasteiger partial charge >= 0.3 is 0 Å². The molecule has 0 saturated heterocycles. The smallest absolute Gasteiger partial charge is 0.00856 e. The first-order valence-corrected chi connectivity index (χ1v) is 5.36. The SMILES string of the molecule is CCCC1=C(c2ccccc2)CC=C1. The molecule has 0 bridgehead atoms. The van der Waals surface area contributed by atoms with Crippen molar-refractivity contribution in [3.05, 3.63) is 53.6 Å². The molecule has 0 amide bonds. The predicted molar refractivity (Wildman–Crippen MR) is 62.0 cm³/mol. The van der Waals surface area contributed by atoms with Crippen LogP contribution >= 0.6 is 0 Å². The molecule has 1 aromatic rings. The van der Waals surface area contributed by atoms with Gasteiger partial charge in [-0.15, -0.1) is 0 Å². The van der Waals surface area contributed by atoms with Crippen LogP contribution in [0.15, 0.2) is 48.1 Å². The lowest BCUT2D eigenvalue weighted by Crippen LogP contribution is -1.85. The fraction of sp³-hybridized carbons (Fsp3) is 0.286. The van der Waals surface area contributed by atoms with Gasteiger partial charge in [-0.25, -0.2) is 0 Å². The molecule has 0 spiro atoms. The molecule has 0 unspecified atom stereocenters. The van der Waals surface area contributed by atoms with E-state index < -0.39 is 0 Å². The number of rotatable bonds is 3. The third-order valence-electron chi connectivity index (χ3n) is 2.67. The summed E-state index contributed by atoms with van der Waals surface area (Å²) in [6.45, 7) is 2.24. The molecule has 0 radical (unpaired) electrons. The third-order valence-corrected chi connectivity index (χ3v) is 2.67. The fourth-order valence-corrected chi connectivity index (χ4v) is 2.00. The largest absolute Gasteiger partial charge is 0.0798 e. The molecule has 1 aromatic carbocycles. The normalized spacial score (nSPS) is 15.2. The van der Waals surface area contributed by atoms with E-state index in [-0.39, 0.29) is 0 Å². The van der Waals surface area contributed by atoms with Crippen molar-refractivity contribution in [2.75, 3.05) is 0 Å². The first-order chi connectivity index (χ1) is 6.92. The second-order valence-electron chi connectivity index (χ2n) is 3.73. The summed E-state index contributed by atoms with van der Waals surface area (Å²) in [5.74, 6) is 0. The topological polar surface area (TPSA) is 0 Å². The first kappa shape index (κ1) is 9.26. The molecule has 0 fully saturated rings. The molecule has 0 atom stereocenters. The lowest BCUT2D eigenvalue weighted by Gasteiger charge is -2.06. The Morgan fingerprint density at radius 2 is 1.93 bits per heavy atom. The van der Waals surface area contributed by atoms with Gasteiger partial charge in [0.15, 0.2) is 0 Å². The second-order valence-corrected chi connectivity index (χ2v) is 3.73. The summed E-state index contributed by atoms with van der Waals surface area (Å²) in [6, 6.07) is 10.7. The Balaban J connectivity index is 2.30. The average molecular weight is 184 g/mol. The highest BCUT2D eigenvalue weighted by molar-refractivity contribution is 5.74. The highest BCUT2D eigenvalue weighted by atomic mass is 14.1. The summed E-state index contributed by atoms with van der Waals surface area (Å²) in [7, 11) is 0. The monoisotopic (exact) mass is 184 g/mol. The fourth-order valence-electron chi connectivity index (χ4n) is 2.00. The zero-order valence-electron chi connectivity index (χ0n) is 8.66. The van der Waals surface area contributed by atoms with Crippen molar-refractivity contribution in [1.29, 1.82) is 0 Å². The zero-order chi connectivity index (χ0) is 9.80. The van der Waals surface area contributed by atoms with Gasteiger partial charge in [0.05, 0.1) is 0 Å². The highest BCUT2D eigenvalue weighted by Crippen LogP contribution is 2.30. The van der Waals surface area contributed by atoms with Gasteiger partial charge in [0.2, 0.25) is 0 Å². The van der Waals surface area contributed by atoms with Crippen LogP contribution in [0.25, 0.3) is 5.57 Å². The van der Waals surface area contributed by atoms with Crippen LogP contribution in [-0.4, -0.2) is 0 Å². The van der Waals surface area contributed by atoms with Crippen molar-refractivity contribution < 1.29 is 0 Å². The van der Waals surface area contributed by atoms with Crippen molar-refractivity contribution in [1.82, 2.24) is 0 Å². The van der Waals surface area contributed by atoms with E-state index in [0.717, 1.165) is 6.42 Å². The van der Waals surface area contributed by atoms with Gasteiger partial charge in [-0.1, -0.05) is 55.8 Å². The Morgan fingerprint density at radius 3 is 2.64 bits per heavy atom. The maximum absolute atomic E-state index is 2.28. The van der Waals surface area contributed by atoms with E-state index in [1.54, 1.807) is 0 Å². The summed E-state index contributed by atoms with van der Waals surface area (Å²) in [6.07, 6.45) is 8.11. The standard InChI is InChI=1S/C14H16/c1-2-7-12-10-6-11-14(12)13-8-4-3-5-9-13/h3-6,8-10H,2,7,11H2,1H3. The Kier molecular flexibility index (Phi) is 2.83. The van der Waals surface area contributed by atoms with Gasteiger partial charge in [0.25, 0.3) is 0 Å². The Labute approximate surface area is 86.0 Å². The van der Waals surface area contributed by atoms with Gasteiger partial charge in [0.1, 0.15) is 0 Å². The molecule has 0 heterocycles. The maximum atomic E-state index is 2.28. The minimum absolute atomic E-state index is 1.11. The van der Waals surface area contributed by atoms with E-state index >= 15 is 0 Å². The summed E-state index contributed by atoms with van der Waals surface area (Å²) in [5.41, 5.74) is 4.44. The Morgan fingerprint density at radius 1 is 1.14 bits per heavy atom. The summed E-state index contributed by atoms with van der Waals surface area (Å²) in [5, 5.41) is 0. The molecule has 0 nitrogen and oxygen atoms in total. The van der Waals surface area contributed by atoms with Crippen LogP contribution in [0.1, 0.15) is 31.7 Å². The van der Waals surface area contributed by atoms with Gasteiger partial charge in [0, 0.05) is 0 Å². The number of hydrogen-bond acceptors (Lipinski definition) is 0. The van der Waals surface area contributed by atoms with E-state index in [4.69, 9.17) is 0 Å². The van der Waals surface area contributed by atoms with Gasteiger partial charge in [-0.05, 0) is 29.6 Å². The molecule has 0 heteroatoms. The van der Waals surface area contributed by atoms with E-state index in [1.807, 2.05) is 0 Å². The first-order valence-electron chi connectivity index (χ1n) is 5.36. The van der Waals surface area contributed by atoms with Crippen LogP contribution in [0.3, 0.4) is 0 Å². The average Bonchev–Trinajstić information content (AvgIpc) is 2.68. The van der Waals surface area contributed by atoms with Crippen molar-refractivity contribution in [3.8, 4) is 0 Å². The molecule has 0 aliphatic heterocycles. The minimum Gasteiger partial charge on any atom is -0.0798 e. The molecule has 14 heavy (non-hydrogen) atoms. The number of benzene rings is 1. The van der Waals surface area contributed by atoms with Crippen LogP contribution < -0.4 is 0 Å². The number of allylic oxidation sites excluding steroid dienone is 4. The highest BCUT2D eigenvalue weighted by Gasteiger charge is 2.09. The van der Waals surface area contributed by atoms with Crippen LogP contribution in [0, 0.1) is 0 Å². The molecular formula is C14H16. The molecule has 0 N–H and O–H groups in total. The molecule has 0 saturated carbocycles. The van der Waals surface area contributed by atoms with Gasteiger partial charge < -0.3 is 0 Å². The van der Waals surface area contributed by atoms with Crippen LogP contribution in [0.2, 0.25) is 0 Å². The molecule has 0 aromatic heterocycles. The summed E-state index contributed by atoms with van der Waals surface area (Å²) < 4.78 is 0. The van der Waals surface area contributed by atoms with Gasteiger partial charge in [-0.2, -0.15) is 0 Å². The minimum atomic E-state index is 1.11. The second kappa shape index (κ2) is 4.28. The zero-order valence-corrected chi connectivity index (χ0v) is 8.66. The molecule has 72 valence electrons. The van der Waals surface area contributed by atoms with Crippen LogP contribution in [0.5, 0.6) is 0 Å². The van der Waals surface area contributed by atoms with Crippen molar-refractivity contribution in [2.45, 2.75) is 26.2 Å². The molecular weight excluding hydrogens is 168 g/mol. The van der Waals surface area contributed by atoms with E-state index in [1.165, 1.54) is 29.6 Å².